The van der Waals surface area contributed by atoms with Crippen LogP contribution in [0.2, 0.25) is 0 Å². The number of rotatable bonds is 2. The van der Waals surface area contributed by atoms with E-state index in [1.807, 2.05) is 48.5 Å². The van der Waals surface area contributed by atoms with E-state index in [1.165, 1.54) is 0 Å². The molecule has 3 aromatic carbocycles. The van der Waals surface area contributed by atoms with Crippen molar-refractivity contribution < 1.29 is 4.79 Å². The Bertz CT molecular complexity index is 1500. The second-order valence-corrected chi connectivity index (χ2v) is 6.72. The zero-order chi connectivity index (χ0) is 18.0. The van der Waals surface area contributed by atoms with Crippen LogP contribution in [0.4, 0.5) is 0 Å². The third kappa shape index (κ3) is 1.88. The lowest BCUT2D eigenvalue weighted by Gasteiger charge is -2.03. The average molecular weight is 350 g/mol. The van der Waals surface area contributed by atoms with Gasteiger partial charge in [0.2, 0.25) is 0 Å². The Balaban J connectivity index is 1.68. The summed E-state index contributed by atoms with van der Waals surface area (Å²) in [6.07, 6.45) is 3.43. The van der Waals surface area contributed by atoms with Crippen LogP contribution in [0.3, 0.4) is 0 Å². The Hall–Kier alpha value is -3.86. The summed E-state index contributed by atoms with van der Waals surface area (Å²) in [5.74, 6) is -0.0369. The molecule has 0 aliphatic heterocycles. The highest BCUT2D eigenvalue weighted by molar-refractivity contribution is 6.27. The van der Waals surface area contributed by atoms with Gasteiger partial charge >= 0.3 is 0 Å². The molecule has 5 heteroatoms. The van der Waals surface area contributed by atoms with Crippen molar-refractivity contribution in [3.05, 3.63) is 78.2 Å². The number of carbonyl (C=O) groups excluding carboxylic acids is 1. The molecule has 6 aromatic rings. The average Bonchev–Trinajstić information content (AvgIpc) is 3.41. The van der Waals surface area contributed by atoms with E-state index in [0.717, 1.165) is 38.2 Å². The number of benzene rings is 3. The Morgan fingerprint density at radius 3 is 2.48 bits per heavy atom. The van der Waals surface area contributed by atoms with Crippen LogP contribution in [-0.4, -0.2) is 25.7 Å². The highest BCUT2D eigenvalue weighted by atomic mass is 16.1. The topological polar surface area (TPSA) is 77.3 Å². The largest absolute Gasteiger partial charge is 0.360 e. The number of imidazole rings is 1. The summed E-state index contributed by atoms with van der Waals surface area (Å²) >= 11 is 0. The van der Waals surface area contributed by atoms with Crippen LogP contribution in [0.1, 0.15) is 15.9 Å². The maximum Gasteiger partial charge on any atom is 0.197 e. The lowest BCUT2D eigenvalue weighted by atomic mass is 9.99. The smallest absolute Gasteiger partial charge is 0.197 e. The third-order valence-corrected chi connectivity index (χ3v) is 5.25. The standard InChI is InChI=1S/C22H14N4O/c27-22(15-10-23-16-7-3-1-5-12(15)16)14-9-18-19(21-20(14)24-11-25-21)13-6-2-4-8-17(13)26-18/h1-11,23,26H,(H,24,25). The lowest BCUT2D eigenvalue weighted by molar-refractivity contribution is 0.104. The Morgan fingerprint density at radius 2 is 1.59 bits per heavy atom. The molecule has 0 saturated heterocycles. The number of H-pyrrole nitrogens is 3. The molecule has 0 fully saturated rings. The first-order valence-corrected chi connectivity index (χ1v) is 8.78. The van der Waals surface area contributed by atoms with E-state index < -0.39 is 0 Å². The highest BCUT2D eigenvalue weighted by Crippen LogP contribution is 2.34. The molecule has 0 unspecified atom stereocenters. The van der Waals surface area contributed by atoms with Crippen molar-refractivity contribution in [2.75, 3.05) is 0 Å². The molecular formula is C22H14N4O. The first-order chi connectivity index (χ1) is 13.3. The van der Waals surface area contributed by atoms with Crippen LogP contribution in [0.25, 0.3) is 43.7 Å². The SMILES string of the molecule is O=C(c1c[nH]c2ccccc12)c1cc2[nH]c3ccccc3c2c2[nH]cnc12. The highest BCUT2D eigenvalue weighted by Gasteiger charge is 2.21. The van der Waals surface area contributed by atoms with Crippen LogP contribution in [0.5, 0.6) is 0 Å². The fourth-order valence-electron chi connectivity index (χ4n) is 4.02. The van der Waals surface area contributed by atoms with Crippen molar-refractivity contribution in [3.8, 4) is 0 Å². The Morgan fingerprint density at radius 1 is 0.815 bits per heavy atom. The van der Waals surface area contributed by atoms with E-state index in [9.17, 15) is 4.79 Å². The van der Waals surface area contributed by atoms with Gasteiger partial charge in [-0.25, -0.2) is 4.98 Å². The van der Waals surface area contributed by atoms with Crippen LogP contribution < -0.4 is 0 Å². The van der Waals surface area contributed by atoms with Crippen molar-refractivity contribution >= 4 is 49.5 Å². The van der Waals surface area contributed by atoms with Gasteiger partial charge in [-0.3, -0.25) is 4.79 Å². The van der Waals surface area contributed by atoms with Crippen molar-refractivity contribution in [2.45, 2.75) is 0 Å². The molecular weight excluding hydrogens is 336 g/mol. The summed E-state index contributed by atoms with van der Waals surface area (Å²) in [4.78, 5) is 27.7. The Labute approximate surface area is 153 Å². The number of ketones is 1. The molecule has 3 heterocycles. The van der Waals surface area contributed by atoms with Gasteiger partial charge < -0.3 is 15.0 Å². The number of fused-ring (bicyclic) bond motifs is 6. The maximum absolute atomic E-state index is 13.4. The van der Waals surface area contributed by atoms with Gasteiger partial charge in [-0.05, 0) is 18.2 Å². The number of para-hydroxylation sites is 2. The molecule has 27 heavy (non-hydrogen) atoms. The van der Waals surface area contributed by atoms with Crippen LogP contribution >= 0.6 is 0 Å². The second-order valence-electron chi connectivity index (χ2n) is 6.72. The number of aromatic amines is 3. The predicted octanol–water partition coefficient (Wildman–Crippen LogP) is 4.91. The summed E-state index contributed by atoms with van der Waals surface area (Å²) in [5.41, 5.74) is 5.75. The zero-order valence-electron chi connectivity index (χ0n) is 14.2. The molecule has 0 atom stereocenters. The molecule has 0 aliphatic carbocycles. The number of carbonyl (C=O) groups is 1. The van der Waals surface area contributed by atoms with Crippen molar-refractivity contribution in [1.29, 1.82) is 0 Å². The van der Waals surface area contributed by atoms with Gasteiger partial charge in [0.25, 0.3) is 0 Å². The molecule has 5 nitrogen and oxygen atoms in total. The van der Waals surface area contributed by atoms with E-state index in [4.69, 9.17) is 0 Å². The first kappa shape index (κ1) is 14.3. The fraction of sp³-hybridized carbons (Fsp3) is 0. The molecule has 0 amide bonds. The van der Waals surface area contributed by atoms with Gasteiger partial charge in [-0.2, -0.15) is 0 Å². The summed E-state index contributed by atoms with van der Waals surface area (Å²) in [6, 6.07) is 17.9. The number of nitrogens with one attached hydrogen (secondary N) is 3. The van der Waals surface area contributed by atoms with Crippen LogP contribution in [0, 0.1) is 0 Å². The van der Waals surface area contributed by atoms with E-state index in [2.05, 4.69) is 26.0 Å². The third-order valence-electron chi connectivity index (χ3n) is 5.25. The minimum atomic E-state index is -0.0369. The minimum Gasteiger partial charge on any atom is -0.360 e. The van der Waals surface area contributed by atoms with Gasteiger partial charge in [-0.15, -0.1) is 0 Å². The molecule has 0 bridgehead atoms. The second kappa shape index (κ2) is 5.08. The van der Waals surface area contributed by atoms with Crippen molar-refractivity contribution in [3.63, 3.8) is 0 Å². The van der Waals surface area contributed by atoms with Crippen LogP contribution in [0.15, 0.2) is 67.1 Å². The summed E-state index contributed by atoms with van der Waals surface area (Å²) in [6.45, 7) is 0. The number of aromatic nitrogens is 4. The summed E-state index contributed by atoms with van der Waals surface area (Å²) in [5, 5.41) is 3.10. The normalized spacial score (nSPS) is 11.9. The molecule has 3 N–H and O–H groups in total. The summed E-state index contributed by atoms with van der Waals surface area (Å²) < 4.78 is 0. The van der Waals surface area contributed by atoms with E-state index in [1.54, 1.807) is 12.5 Å². The van der Waals surface area contributed by atoms with Crippen molar-refractivity contribution in [2.24, 2.45) is 0 Å². The molecule has 0 radical (unpaired) electrons. The van der Waals surface area contributed by atoms with Crippen molar-refractivity contribution in [1.82, 2.24) is 19.9 Å². The monoisotopic (exact) mass is 350 g/mol. The number of hydrogen-bond donors (Lipinski definition) is 3. The lowest BCUT2D eigenvalue weighted by Crippen LogP contribution is -2.02. The molecule has 128 valence electrons. The van der Waals surface area contributed by atoms with E-state index in [0.29, 0.717) is 16.6 Å². The van der Waals surface area contributed by atoms with Crippen LogP contribution in [-0.2, 0) is 0 Å². The van der Waals surface area contributed by atoms with E-state index in [-0.39, 0.29) is 5.78 Å². The van der Waals surface area contributed by atoms with Gasteiger partial charge in [-0.1, -0.05) is 36.4 Å². The Kier molecular flexibility index (Phi) is 2.69. The first-order valence-electron chi connectivity index (χ1n) is 8.78. The van der Waals surface area contributed by atoms with Gasteiger partial charge in [0.1, 0.15) is 5.52 Å². The minimum absolute atomic E-state index is 0.0369. The van der Waals surface area contributed by atoms with Gasteiger partial charge in [0.05, 0.1) is 17.4 Å². The fourth-order valence-corrected chi connectivity index (χ4v) is 4.02. The predicted molar refractivity (Wildman–Crippen MR) is 107 cm³/mol. The molecule has 6 rings (SSSR count). The zero-order valence-corrected chi connectivity index (χ0v) is 14.2. The number of nitrogens with zero attached hydrogens (tertiary/aromatic N) is 1. The summed E-state index contributed by atoms with van der Waals surface area (Å²) in [7, 11) is 0. The van der Waals surface area contributed by atoms with Gasteiger partial charge in [0.15, 0.2) is 5.78 Å². The van der Waals surface area contributed by atoms with E-state index >= 15 is 0 Å². The molecule has 3 aromatic heterocycles. The molecule has 0 spiro atoms. The number of hydrogen-bond acceptors (Lipinski definition) is 2. The molecule has 0 saturated carbocycles. The van der Waals surface area contributed by atoms with Gasteiger partial charge in [0, 0.05) is 44.5 Å². The quantitative estimate of drug-likeness (QED) is 0.388. The maximum atomic E-state index is 13.4. The molecule has 0 aliphatic rings.